The van der Waals surface area contributed by atoms with Crippen molar-refractivity contribution < 1.29 is 0 Å². The summed E-state index contributed by atoms with van der Waals surface area (Å²) in [5.41, 5.74) is 2.84. The third kappa shape index (κ3) is 4.49. The van der Waals surface area contributed by atoms with E-state index in [0.29, 0.717) is 11.3 Å². The predicted molar refractivity (Wildman–Crippen MR) is 119 cm³/mol. The molecule has 3 aromatic rings. The van der Waals surface area contributed by atoms with Crippen LogP contribution in [0, 0.1) is 45.3 Å². The van der Waals surface area contributed by atoms with Crippen LogP contribution in [0.4, 0.5) is 17.1 Å². The van der Waals surface area contributed by atoms with E-state index in [-0.39, 0.29) is 16.7 Å². The third-order valence-corrected chi connectivity index (χ3v) is 4.49. The summed E-state index contributed by atoms with van der Waals surface area (Å²) in [4.78, 5) is 1.99. The molecule has 0 N–H and O–H groups in total. The molecule has 0 aliphatic rings. The lowest BCUT2D eigenvalue weighted by atomic mass is 9.96. The van der Waals surface area contributed by atoms with Crippen LogP contribution in [0.25, 0.3) is 5.57 Å². The highest BCUT2D eigenvalue weighted by atomic mass is 15.1. The highest BCUT2D eigenvalue weighted by Gasteiger charge is 2.19. The lowest BCUT2D eigenvalue weighted by Gasteiger charge is -2.28. The molecule has 144 valence electrons. The van der Waals surface area contributed by atoms with Crippen LogP contribution in [0.3, 0.4) is 0 Å². The van der Waals surface area contributed by atoms with Gasteiger partial charge in [-0.2, -0.15) is 21.0 Å². The molecule has 5 heteroatoms. The maximum atomic E-state index is 9.54. The summed E-state index contributed by atoms with van der Waals surface area (Å²) in [6.45, 7) is 0. The Hall–Kier alpha value is -5.10. The van der Waals surface area contributed by atoms with Gasteiger partial charge in [0.25, 0.3) is 0 Å². The van der Waals surface area contributed by atoms with Gasteiger partial charge in [0.05, 0.1) is 5.69 Å². The Bertz CT molecular complexity index is 1240. The number of hydrogen-bond acceptors (Lipinski definition) is 5. The van der Waals surface area contributed by atoms with Crippen molar-refractivity contribution in [1.29, 1.82) is 21.0 Å². The van der Waals surface area contributed by atoms with Gasteiger partial charge in [0, 0.05) is 22.5 Å². The molecule has 0 radical (unpaired) electrons. The molecule has 0 amide bonds. The zero-order valence-corrected chi connectivity index (χ0v) is 16.4. The van der Waals surface area contributed by atoms with Crippen LogP contribution in [-0.4, -0.2) is 0 Å². The summed E-state index contributed by atoms with van der Waals surface area (Å²) in [5, 5.41) is 37.6. The van der Waals surface area contributed by atoms with Crippen LogP contribution in [0.1, 0.15) is 5.56 Å². The van der Waals surface area contributed by atoms with Crippen molar-refractivity contribution in [1.82, 2.24) is 0 Å². The number of nitrogens with zero attached hydrogens (tertiary/aromatic N) is 5. The summed E-state index contributed by atoms with van der Waals surface area (Å²) < 4.78 is 0. The SMILES string of the molecule is N#CC(C#N)=CC(=C(C#N)C#N)c1ccccc1N(c1ccccc1)c1ccccc1. The van der Waals surface area contributed by atoms with Crippen molar-refractivity contribution in [3.8, 4) is 24.3 Å². The van der Waals surface area contributed by atoms with Gasteiger partial charge in [0.2, 0.25) is 0 Å². The van der Waals surface area contributed by atoms with E-state index in [1.165, 1.54) is 6.08 Å². The Morgan fingerprint density at radius 3 is 1.58 bits per heavy atom. The molecule has 0 aliphatic carbocycles. The lowest BCUT2D eigenvalue weighted by Crippen LogP contribution is -2.12. The minimum Gasteiger partial charge on any atom is -0.310 e. The van der Waals surface area contributed by atoms with E-state index < -0.39 is 0 Å². The Morgan fingerprint density at radius 2 is 1.10 bits per heavy atom. The smallest absolute Gasteiger partial charge is 0.137 e. The van der Waals surface area contributed by atoms with Gasteiger partial charge in [0.1, 0.15) is 35.4 Å². The molecule has 0 aliphatic heterocycles. The van der Waals surface area contributed by atoms with E-state index >= 15 is 0 Å². The first kappa shape index (κ1) is 20.6. The van der Waals surface area contributed by atoms with Crippen LogP contribution in [0.5, 0.6) is 0 Å². The number of rotatable bonds is 5. The maximum Gasteiger partial charge on any atom is 0.137 e. The quantitative estimate of drug-likeness (QED) is 0.392. The number of hydrogen-bond donors (Lipinski definition) is 0. The number of para-hydroxylation sites is 3. The maximum absolute atomic E-state index is 9.54. The third-order valence-electron chi connectivity index (χ3n) is 4.49. The van der Waals surface area contributed by atoms with Crippen LogP contribution >= 0.6 is 0 Å². The largest absolute Gasteiger partial charge is 0.310 e. The molecule has 5 nitrogen and oxygen atoms in total. The van der Waals surface area contributed by atoms with Crippen molar-refractivity contribution in [2.45, 2.75) is 0 Å². The fourth-order valence-corrected chi connectivity index (χ4v) is 3.14. The molecular weight excluding hydrogens is 382 g/mol. The molecule has 0 fully saturated rings. The van der Waals surface area contributed by atoms with Gasteiger partial charge in [-0.05, 0) is 36.4 Å². The Balaban J connectivity index is 2.36. The fourth-order valence-electron chi connectivity index (χ4n) is 3.14. The minimum absolute atomic E-state index is 0.184. The number of allylic oxidation sites excluding steroid dienone is 4. The Morgan fingerprint density at radius 1 is 0.613 bits per heavy atom. The second-order valence-corrected chi connectivity index (χ2v) is 6.32. The fraction of sp³-hybridized carbons (Fsp3) is 0. The molecule has 0 spiro atoms. The molecule has 0 bridgehead atoms. The first-order chi connectivity index (χ1) is 15.2. The van der Waals surface area contributed by atoms with E-state index in [2.05, 4.69) is 0 Å². The van der Waals surface area contributed by atoms with E-state index in [9.17, 15) is 21.0 Å². The topological polar surface area (TPSA) is 98.4 Å². The van der Waals surface area contributed by atoms with E-state index in [1.54, 1.807) is 24.3 Å². The molecule has 0 unspecified atom stereocenters. The zero-order valence-electron chi connectivity index (χ0n) is 16.4. The molecule has 0 aromatic heterocycles. The van der Waals surface area contributed by atoms with Gasteiger partial charge in [-0.1, -0.05) is 54.6 Å². The van der Waals surface area contributed by atoms with Crippen molar-refractivity contribution in [3.05, 3.63) is 108 Å². The average molecular weight is 397 g/mol. The number of benzene rings is 3. The van der Waals surface area contributed by atoms with Gasteiger partial charge in [-0.25, -0.2) is 0 Å². The standard InChI is InChI=1S/C26H15N5/c27-16-20(17-28)15-25(21(18-29)19-30)24-13-7-8-14-26(24)31(22-9-3-1-4-10-22)23-11-5-2-6-12-23/h1-15H. The monoisotopic (exact) mass is 397 g/mol. The van der Waals surface area contributed by atoms with Crippen molar-refractivity contribution >= 4 is 22.6 Å². The highest BCUT2D eigenvalue weighted by Crippen LogP contribution is 2.39. The van der Waals surface area contributed by atoms with Crippen molar-refractivity contribution in [2.24, 2.45) is 0 Å². The second-order valence-electron chi connectivity index (χ2n) is 6.32. The highest BCUT2D eigenvalue weighted by molar-refractivity contribution is 5.92. The summed E-state index contributed by atoms with van der Waals surface area (Å²) in [7, 11) is 0. The van der Waals surface area contributed by atoms with Gasteiger partial charge >= 0.3 is 0 Å². The molecule has 0 saturated heterocycles. The molecule has 3 rings (SSSR count). The molecule has 0 heterocycles. The minimum atomic E-state index is -0.196. The summed E-state index contributed by atoms with van der Waals surface area (Å²) in [5.74, 6) is 0. The summed E-state index contributed by atoms with van der Waals surface area (Å²) in [6, 6.07) is 34.0. The molecular formula is C26H15N5. The Kier molecular flexibility index (Phi) is 6.59. The molecule has 0 saturated carbocycles. The summed E-state index contributed by atoms with van der Waals surface area (Å²) in [6.07, 6.45) is 1.29. The molecule has 31 heavy (non-hydrogen) atoms. The van der Waals surface area contributed by atoms with E-state index in [1.807, 2.05) is 89.8 Å². The van der Waals surface area contributed by atoms with E-state index in [0.717, 1.165) is 11.4 Å². The van der Waals surface area contributed by atoms with Gasteiger partial charge in [0.15, 0.2) is 0 Å². The molecule has 0 atom stereocenters. The normalized spacial score (nSPS) is 9.16. The van der Waals surface area contributed by atoms with Crippen LogP contribution in [0.2, 0.25) is 0 Å². The molecule has 3 aromatic carbocycles. The van der Waals surface area contributed by atoms with Crippen molar-refractivity contribution in [3.63, 3.8) is 0 Å². The van der Waals surface area contributed by atoms with Gasteiger partial charge < -0.3 is 4.90 Å². The average Bonchev–Trinajstić information content (AvgIpc) is 2.84. The van der Waals surface area contributed by atoms with E-state index in [4.69, 9.17) is 0 Å². The Labute approximate surface area is 180 Å². The predicted octanol–water partition coefficient (Wildman–Crippen LogP) is 5.93. The summed E-state index contributed by atoms with van der Waals surface area (Å²) >= 11 is 0. The lowest BCUT2D eigenvalue weighted by molar-refractivity contribution is 1.27. The second kappa shape index (κ2) is 9.90. The number of anilines is 3. The van der Waals surface area contributed by atoms with Gasteiger partial charge in [-0.15, -0.1) is 0 Å². The van der Waals surface area contributed by atoms with Crippen LogP contribution in [-0.2, 0) is 0 Å². The van der Waals surface area contributed by atoms with Gasteiger partial charge in [-0.3, -0.25) is 0 Å². The zero-order chi connectivity index (χ0) is 22.1. The first-order valence-electron chi connectivity index (χ1n) is 9.29. The van der Waals surface area contributed by atoms with Crippen LogP contribution in [0.15, 0.2) is 102 Å². The van der Waals surface area contributed by atoms with Crippen molar-refractivity contribution in [2.75, 3.05) is 4.90 Å². The first-order valence-corrected chi connectivity index (χ1v) is 9.29. The number of nitriles is 4. The van der Waals surface area contributed by atoms with Crippen LogP contribution < -0.4 is 4.90 Å².